The van der Waals surface area contributed by atoms with Crippen LogP contribution in [0.2, 0.25) is 0 Å². The van der Waals surface area contributed by atoms with Gasteiger partial charge in [-0.2, -0.15) is 0 Å². The highest BCUT2D eigenvalue weighted by Gasteiger charge is 2.30. The third-order valence-corrected chi connectivity index (χ3v) is 3.83. The van der Waals surface area contributed by atoms with E-state index < -0.39 is 0 Å². The van der Waals surface area contributed by atoms with Gasteiger partial charge in [-0.25, -0.2) is 0 Å². The van der Waals surface area contributed by atoms with Crippen molar-refractivity contribution < 1.29 is 4.79 Å². The van der Waals surface area contributed by atoms with Crippen molar-refractivity contribution in [3.8, 4) is 0 Å². The summed E-state index contributed by atoms with van der Waals surface area (Å²) in [6, 6.07) is 0. The van der Waals surface area contributed by atoms with E-state index in [1.807, 2.05) is 0 Å². The fourth-order valence-corrected chi connectivity index (χ4v) is 3.16. The molecule has 0 bridgehead atoms. The van der Waals surface area contributed by atoms with Crippen LogP contribution in [0.25, 0.3) is 0 Å². The third-order valence-electron chi connectivity index (χ3n) is 3.83. The minimum atomic E-state index is 0. The van der Waals surface area contributed by atoms with E-state index in [0.29, 0.717) is 17.7 Å². The van der Waals surface area contributed by atoms with Gasteiger partial charge in [-0.3, -0.25) is 4.79 Å². The van der Waals surface area contributed by atoms with Crippen molar-refractivity contribution in [3.05, 3.63) is 0 Å². The highest BCUT2D eigenvalue weighted by Crippen LogP contribution is 2.23. The van der Waals surface area contributed by atoms with Gasteiger partial charge < -0.3 is 10.2 Å². The van der Waals surface area contributed by atoms with Gasteiger partial charge >= 0.3 is 0 Å². The van der Waals surface area contributed by atoms with Crippen LogP contribution in [0.1, 0.15) is 33.1 Å². The zero-order valence-corrected chi connectivity index (χ0v) is 11.8. The van der Waals surface area contributed by atoms with Gasteiger partial charge in [0.2, 0.25) is 5.91 Å². The van der Waals surface area contributed by atoms with Crippen molar-refractivity contribution in [2.45, 2.75) is 33.1 Å². The number of amides is 1. The monoisotopic (exact) mass is 260 g/mol. The molecule has 3 unspecified atom stereocenters. The van der Waals surface area contributed by atoms with Crippen molar-refractivity contribution in [2.75, 3.05) is 26.2 Å². The molecule has 1 amide bonds. The lowest BCUT2D eigenvalue weighted by Crippen LogP contribution is -2.48. The predicted octanol–water partition coefficient (Wildman–Crippen LogP) is 1.91. The van der Waals surface area contributed by atoms with E-state index in [1.165, 1.54) is 6.42 Å². The van der Waals surface area contributed by atoms with Gasteiger partial charge in [0.25, 0.3) is 0 Å². The summed E-state index contributed by atoms with van der Waals surface area (Å²) in [6.45, 7) is 8.43. The number of rotatable bonds is 1. The second-order valence-electron chi connectivity index (χ2n) is 5.73. The lowest BCUT2D eigenvalue weighted by Gasteiger charge is -2.37. The van der Waals surface area contributed by atoms with Crippen LogP contribution in [-0.2, 0) is 4.79 Å². The highest BCUT2D eigenvalue weighted by molar-refractivity contribution is 5.85. The first-order valence-corrected chi connectivity index (χ1v) is 6.66. The van der Waals surface area contributed by atoms with Crippen LogP contribution < -0.4 is 5.32 Å². The zero-order chi connectivity index (χ0) is 11.5. The maximum absolute atomic E-state index is 12.3. The normalized spacial score (nSPS) is 34.0. The van der Waals surface area contributed by atoms with E-state index in [-0.39, 0.29) is 18.3 Å². The van der Waals surface area contributed by atoms with Crippen LogP contribution in [0.3, 0.4) is 0 Å². The topological polar surface area (TPSA) is 32.3 Å². The molecule has 2 aliphatic heterocycles. The van der Waals surface area contributed by atoms with Crippen LogP contribution >= 0.6 is 12.4 Å². The van der Waals surface area contributed by atoms with Crippen molar-refractivity contribution in [1.29, 1.82) is 0 Å². The molecule has 2 aliphatic rings. The summed E-state index contributed by atoms with van der Waals surface area (Å²) in [6.07, 6.45) is 3.49. The van der Waals surface area contributed by atoms with Crippen LogP contribution in [-0.4, -0.2) is 37.0 Å². The second kappa shape index (κ2) is 6.60. The molecule has 0 aromatic heterocycles. The van der Waals surface area contributed by atoms with Gasteiger partial charge in [0.05, 0.1) is 5.92 Å². The van der Waals surface area contributed by atoms with Crippen LogP contribution in [0, 0.1) is 17.8 Å². The predicted molar refractivity (Wildman–Crippen MR) is 72.4 cm³/mol. The number of halogens is 1. The summed E-state index contributed by atoms with van der Waals surface area (Å²) in [4.78, 5) is 14.4. The average Bonchev–Trinajstić information content (AvgIpc) is 2.28. The van der Waals surface area contributed by atoms with Crippen molar-refractivity contribution in [1.82, 2.24) is 10.2 Å². The minimum Gasteiger partial charge on any atom is -0.342 e. The Morgan fingerprint density at radius 1 is 1.24 bits per heavy atom. The maximum atomic E-state index is 12.3. The number of likely N-dealkylation sites (tertiary alicyclic amines) is 1. The van der Waals surface area contributed by atoms with E-state index in [9.17, 15) is 4.79 Å². The summed E-state index contributed by atoms with van der Waals surface area (Å²) >= 11 is 0. The Morgan fingerprint density at radius 2 is 1.88 bits per heavy atom. The van der Waals surface area contributed by atoms with Crippen molar-refractivity contribution in [3.63, 3.8) is 0 Å². The number of hydrogen-bond donors (Lipinski definition) is 1. The standard InChI is InChI=1S/C13H24N2O.ClH/c1-10-6-11(2)9-15(8-10)13(16)12-4-3-5-14-7-12;/h10-12,14H,3-9H2,1-2H3;1H. The summed E-state index contributed by atoms with van der Waals surface area (Å²) in [5.41, 5.74) is 0. The molecule has 1 N–H and O–H groups in total. The second-order valence-corrected chi connectivity index (χ2v) is 5.73. The molecule has 3 atom stereocenters. The number of carbonyl (C=O) groups is 1. The quantitative estimate of drug-likeness (QED) is 0.781. The average molecular weight is 261 g/mol. The Bertz CT molecular complexity index is 244. The molecule has 2 fully saturated rings. The number of piperidine rings is 2. The minimum absolute atomic E-state index is 0. The number of nitrogens with zero attached hydrogens (tertiary/aromatic N) is 1. The Balaban J connectivity index is 0.00000144. The molecule has 0 aromatic rings. The van der Waals surface area contributed by atoms with E-state index in [2.05, 4.69) is 24.1 Å². The maximum Gasteiger partial charge on any atom is 0.226 e. The molecule has 2 saturated heterocycles. The molecule has 4 heteroatoms. The molecule has 0 spiro atoms. The lowest BCUT2D eigenvalue weighted by molar-refractivity contribution is -0.138. The molecule has 0 radical (unpaired) electrons. The van der Waals surface area contributed by atoms with Gasteiger partial charge in [-0.15, -0.1) is 12.4 Å². The van der Waals surface area contributed by atoms with Crippen molar-refractivity contribution in [2.24, 2.45) is 17.8 Å². The Kier molecular flexibility index (Phi) is 5.74. The molecule has 0 aliphatic carbocycles. The van der Waals surface area contributed by atoms with Crippen LogP contribution in [0.15, 0.2) is 0 Å². The largest absolute Gasteiger partial charge is 0.342 e. The molecule has 100 valence electrons. The van der Waals surface area contributed by atoms with E-state index >= 15 is 0 Å². The fourth-order valence-electron chi connectivity index (χ4n) is 3.16. The molecule has 2 heterocycles. The first kappa shape index (κ1) is 14.8. The Hall–Kier alpha value is -0.280. The van der Waals surface area contributed by atoms with Crippen molar-refractivity contribution >= 4 is 18.3 Å². The summed E-state index contributed by atoms with van der Waals surface area (Å²) in [7, 11) is 0. The van der Waals surface area contributed by atoms with Gasteiger partial charge in [0.15, 0.2) is 0 Å². The first-order valence-electron chi connectivity index (χ1n) is 6.66. The van der Waals surface area contributed by atoms with Crippen LogP contribution in [0.5, 0.6) is 0 Å². The third kappa shape index (κ3) is 3.85. The van der Waals surface area contributed by atoms with E-state index in [4.69, 9.17) is 0 Å². The summed E-state index contributed by atoms with van der Waals surface area (Å²) in [5, 5.41) is 3.33. The smallest absolute Gasteiger partial charge is 0.226 e. The van der Waals surface area contributed by atoms with E-state index in [1.54, 1.807) is 0 Å². The SMILES string of the molecule is CC1CC(C)CN(C(=O)C2CCCNC2)C1.Cl. The molecule has 17 heavy (non-hydrogen) atoms. The molecule has 2 rings (SSSR count). The summed E-state index contributed by atoms with van der Waals surface area (Å²) < 4.78 is 0. The van der Waals surface area contributed by atoms with E-state index in [0.717, 1.165) is 39.0 Å². The Labute approximate surface area is 111 Å². The molecular formula is C13H25ClN2O. The van der Waals surface area contributed by atoms with Crippen LogP contribution in [0.4, 0.5) is 0 Å². The molecule has 3 nitrogen and oxygen atoms in total. The number of hydrogen-bond acceptors (Lipinski definition) is 2. The molecule has 0 aromatic carbocycles. The Morgan fingerprint density at radius 3 is 2.41 bits per heavy atom. The lowest BCUT2D eigenvalue weighted by atomic mass is 9.90. The fraction of sp³-hybridized carbons (Fsp3) is 0.923. The number of carbonyl (C=O) groups excluding carboxylic acids is 1. The van der Waals surface area contributed by atoms with Gasteiger partial charge in [0.1, 0.15) is 0 Å². The van der Waals surface area contributed by atoms with Gasteiger partial charge in [-0.1, -0.05) is 13.8 Å². The zero-order valence-electron chi connectivity index (χ0n) is 10.9. The van der Waals surface area contributed by atoms with Gasteiger partial charge in [0, 0.05) is 19.6 Å². The highest BCUT2D eigenvalue weighted by atomic mass is 35.5. The first-order chi connectivity index (χ1) is 7.66. The van der Waals surface area contributed by atoms with Gasteiger partial charge in [-0.05, 0) is 37.6 Å². The summed E-state index contributed by atoms with van der Waals surface area (Å²) in [5.74, 6) is 1.98. The molecule has 0 saturated carbocycles. The number of nitrogens with one attached hydrogen (secondary N) is 1. The molecular weight excluding hydrogens is 236 g/mol.